The highest BCUT2D eigenvalue weighted by molar-refractivity contribution is 7.89. The fraction of sp³-hybridized carbons (Fsp3) is 0.500. The zero-order chi connectivity index (χ0) is 20.0. The number of benzene rings is 1. The van der Waals surface area contributed by atoms with E-state index >= 15 is 0 Å². The smallest absolute Gasteiger partial charge is 0.293 e. The number of sulfonamides is 1. The van der Waals surface area contributed by atoms with Crippen LogP contribution in [0.4, 0.5) is 0 Å². The molecule has 3 rings (SSSR count). The van der Waals surface area contributed by atoms with Crippen LogP contribution < -0.4 is 16.0 Å². The predicted octanol–water partition coefficient (Wildman–Crippen LogP) is 1.17. The Balaban J connectivity index is 2.11. The lowest BCUT2D eigenvalue weighted by atomic mass is 10.2. The third-order valence-electron chi connectivity index (χ3n) is 5.26. The molecule has 0 aliphatic heterocycles. The molecule has 0 unspecified atom stereocenters. The van der Waals surface area contributed by atoms with Crippen LogP contribution in [0.15, 0.2) is 32.7 Å². The third kappa shape index (κ3) is 3.19. The molecule has 1 saturated carbocycles. The summed E-state index contributed by atoms with van der Waals surface area (Å²) in [5.74, 6) is -0.0136. The Morgan fingerprint density at radius 3 is 2.52 bits per heavy atom. The van der Waals surface area contributed by atoms with Crippen molar-refractivity contribution in [1.82, 2.24) is 13.9 Å². The lowest BCUT2D eigenvalue weighted by Crippen LogP contribution is -2.39. The van der Waals surface area contributed by atoms with Gasteiger partial charge >= 0.3 is 5.69 Å². The number of hydrogen-bond donors (Lipinski definition) is 1. The van der Waals surface area contributed by atoms with Crippen LogP contribution in [0.2, 0.25) is 0 Å². The van der Waals surface area contributed by atoms with E-state index in [1.54, 1.807) is 20.8 Å². The molecule has 0 radical (unpaired) electrons. The average molecular weight is 390 g/mol. The first-order valence-electron chi connectivity index (χ1n) is 8.86. The summed E-state index contributed by atoms with van der Waals surface area (Å²) in [5.41, 5.74) is -1.14. The maximum Gasteiger partial charge on any atom is 0.331 e. The van der Waals surface area contributed by atoms with Crippen LogP contribution in [-0.4, -0.2) is 23.1 Å². The van der Waals surface area contributed by atoms with E-state index in [-0.39, 0.29) is 22.7 Å². The van der Waals surface area contributed by atoms with Gasteiger partial charge in [-0.1, -0.05) is 0 Å². The van der Waals surface area contributed by atoms with Gasteiger partial charge in [-0.15, -0.1) is 0 Å². The van der Waals surface area contributed by atoms with E-state index in [9.17, 15) is 18.0 Å². The summed E-state index contributed by atoms with van der Waals surface area (Å²) in [5, 5.41) is 8.99. The first kappa shape index (κ1) is 19.3. The highest BCUT2D eigenvalue weighted by Gasteiger charge is 2.52. The summed E-state index contributed by atoms with van der Waals surface area (Å²) in [4.78, 5) is 25.0. The minimum absolute atomic E-state index is 0.0136. The van der Waals surface area contributed by atoms with Crippen molar-refractivity contribution in [1.29, 1.82) is 5.26 Å². The standard InChI is InChI=1S/C18H22N4O4S/c1-4-21-15-7-6-13(10-14(15)16(23)22(5-2)17(21)24)27(25,26)20-18(3)11-12(18)8-9-19/h6-7,10,12,20H,4-5,8,11H2,1-3H3/t12-,18-/m0/s1. The number of rotatable bonds is 6. The molecule has 144 valence electrons. The molecule has 0 saturated heterocycles. The van der Waals surface area contributed by atoms with Gasteiger partial charge < -0.3 is 0 Å². The van der Waals surface area contributed by atoms with Gasteiger partial charge in [-0.2, -0.15) is 5.26 Å². The lowest BCUT2D eigenvalue weighted by molar-refractivity contribution is 0.538. The van der Waals surface area contributed by atoms with E-state index in [1.807, 2.05) is 0 Å². The summed E-state index contributed by atoms with van der Waals surface area (Å²) in [6.07, 6.45) is 0.895. The minimum atomic E-state index is -3.86. The highest BCUT2D eigenvalue weighted by Crippen LogP contribution is 2.46. The zero-order valence-electron chi connectivity index (χ0n) is 15.5. The molecule has 1 fully saturated rings. The van der Waals surface area contributed by atoms with Gasteiger partial charge in [-0.25, -0.2) is 17.9 Å². The Kier molecular flexibility index (Phi) is 4.74. The molecule has 1 aliphatic carbocycles. The molecule has 27 heavy (non-hydrogen) atoms. The van der Waals surface area contributed by atoms with E-state index in [4.69, 9.17) is 5.26 Å². The number of nitrogens with zero attached hydrogens (tertiary/aromatic N) is 3. The topological polar surface area (TPSA) is 114 Å². The Morgan fingerprint density at radius 1 is 1.26 bits per heavy atom. The number of nitriles is 1. The van der Waals surface area contributed by atoms with Gasteiger partial charge in [0.15, 0.2) is 0 Å². The second-order valence-electron chi connectivity index (χ2n) is 7.04. The van der Waals surface area contributed by atoms with E-state index in [2.05, 4.69) is 10.8 Å². The molecule has 1 heterocycles. The molecule has 1 N–H and O–H groups in total. The van der Waals surface area contributed by atoms with Crippen molar-refractivity contribution in [3.63, 3.8) is 0 Å². The Morgan fingerprint density at radius 2 is 1.93 bits per heavy atom. The fourth-order valence-corrected chi connectivity index (χ4v) is 5.01. The molecule has 0 spiro atoms. The quantitative estimate of drug-likeness (QED) is 0.795. The number of nitrogens with one attached hydrogen (secondary N) is 1. The summed E-state index contributed by atoms with van der Waals surface area (Å²) in [7, 11) is -3.86. The maximum absolute atomic E-state index is 12.8. The van der Waals surface area contributed by atoms with Gasteiger partial charge in [-0.05, 0) is 51.3 Å². The largest absolute Gasteiger partial charge is 0.331 e. The van der Waals surface area contributed by atoms with Crippen molar-refractivity contribution in [2.75, 3.05) is 0 Å². The summed E-state index contributed by atoms with van der Waals surface area (Å²) in [6, 6.07) is 6.28. The summed E-state index contributed by atoms with van der Waals surface area (Å²) >= 11 is 0. The number of aromatic nitrogens is 2. The first-order valence-corrected chi connectivity index (χ1v) is 10.3. The minimum Gasteiger partial charge on any atom is -0.293 e. The third-order valence-corrected chi connectivity index (χ3v) is 6.87. The zero-order valence-corrected chi connectivity index (χ0v) is 16.3. The van der Waals surface area contributed by atoms with Crippen molar-refractivity contribution in [3.8, 4) is 6.07 Å². The van der Waals surface area contributed by atoms with E-state index < -0.39 is 26.8 Å². The molecule has 2 aromatic rings. The van der Waals surface area contributed by atoms with Crippen molar-refractivity contribution in [3.05, 3.63) is 39.0 Å². The SMILES string of the molecule is CCn1c(=O)c2cc(S(=O)(=O)N[C@@]3(C)C[C@@H]3CC#N)ccc2n(CC)c1=O. The Hall–Kier alpha value is -2.44. The fourth-order valence-electron chi connectivity index (χ4n) is 3.51. The Bertz CT molecular complexity index is 1170. The predicted molar refractivity (Wildman–Crippen MR) is 101 cm³/mol. The van der Waals surface area contributed by atoms with Crippen LogP contribution in [0.5, 0.6) is 0 Å². The number of hydrogen-bond acceptors (Lipinski definition) is 5. The summed E-state index contributed by atoms with van der Waals surface area (Å²) in [6.45, 7) is 5.83. The van der Waals surface area contributed by atoms with Gasteiger partial charge in [0.1, 0.15) is 0 Å². The maximum atomic E-state index is 12.8. The van der Waals surface area contributed by atoms with Crippen LogP contribution in [0.25, 0.3) is 10.9 Å². The molecule has 1 aromatic heterocycles. The van der Waals surface area contributed by atoms with E-state index in [0.717, 1.165) is 4.57 Å². The van der Waals surface area contributed by atoms with Crippen molar-refractivity contribution in [2.24, 2.45) is 5.92 Å². The van der Waals surface area contributed by atoms with Gasteiger partial charge in [0, 0.05) is 25.0 Å². The molecular weight excluding hydrogens is 368 g/mol. The van der Waals surface area contributed by atoms with Crippen LogP contribution in [0.1, 0.15) is 33.6 Å². The normalized spacial score (nSPS) is 21.9. The number of fused-ring (bicyclic) bond motifs is 1. The van der Waals surface area contributed by atoms with Crippen molar-refractivity contribution < 1.29 is 8.42 Å². The Labute approximate surface area is 157 Å². The second-order valence-corrected chi connectivity index (χ2v) is 8.72. The average Bonchev–Trinajstić information content (AvgIpc) is 3.23. The van der Waals surface area contributed by atoms with Crippen molar-refractivity contribution >= 4 is 20.9 Å². The van der Waals surface area contributed by atoms with Gasteiger partial charge in [0.2, 0.25) is 10.0 Å². The van der Waals surface area contributed by atoms with Crippen molar-refractivity contribution in [2.45, 2.75) is 57.1 Å². The van der Waals surface area contributed by atoms with Crippen LogP contribution >= 0.6 is 0 Å². The first-order chi connectivity index (χ1) is 12.7. The lowest BCUT2D eigenvalue weighted by Gasteiger charge is -2.15. The van der Waals surface area contributed by atoms with E-state index in [1.165, 1.54) is 22.8 Å². The molecule has 2 atom stereocenters. The van der Waals surface area contributed by atoms with E-state index in [0.29, 0.717) is 24.9 Å². The van der Waals surface area contributed by atoms with Crippen LogP contribution in [0, 0.1) is 17.2 Å². The molecule has 8 nitrogen and oxygen atoms in total. The second kappa shape index (κ2) is 6.62. The summed E-state index contributed by atoms with van der Waals surface area (Å²) < 4.78 is 30.8. The van der Waals surface area contributed by atoms with Crippen LogP contribution in [-0.2, 0) is 23.1 Å². The number of aryl methyl sites for hydroxylation is 1. The highest BCUT2D eigenvalue weighted by atomic mass is 32.2. The van der Waals surface area contributed by atoms with Gasteiger partial charge in [-0.3, -0.25) is 13.9 Å². The molecule has 0 bridgehead atoms. The molecule has 1 aliphatic rings. The molecular formula is C18H22N4O4S. The van der Waals surface area contributed by atoms with Gasteiger partial charge in [0.25, 0.3) is 5.56 Å². The molecule has 0 amide bonds. The van der Waals surface area contributed by atoms with Crippen LogP contribution in [0.3, 0.4) is 0 Å². The molecule has 9 heteroatoms. The molecule has 1 aromatic carbocycles. The van der Waals surface area contributed by atoms with Gasteiger partial charge in [0.05, 0.1) is 21.9 Å². The monoisotopic (exact) mass is 390 g/mol.